The number of benzene rings is 2. The Hall–Kier alpha value is -2.62. The van der Waals surface area contributed by atoms with E-state index in [4.69, 9.17) is 0 Å². The summed E-state index contributed by atoms with van der Waals surface area (Å²) in [4.78, 5) is 24.2. The maximum absolute atomic E-state index is 12.1. The van der Waals surface area contributed by atoms with Gasteiger partial charge in [-0.25, -0.2) is 0 Å². The van der Waals surface area contributed by atoms with E-state index in [9.17, 15) is 9.59 Å². The van der Waals surface area contributed by atoms with Crippen LogP contribution >= 0.6 is 0 Å². The van der Waals surface area contributed by atoms with E-state index < -0.39 is 0 Å². The van der Waals surface area contributed by atoms with Crippen LogP contribution in [0, 0.1) is 20.8 Å². The lowest BCUT2D eigenvalue weighted by Crippen LogP contribution is -2.30. The van der Waals surface area contributed by atoms with Gasteiger partial charge >= 0.3 is 0 Å². The maximum atomic E-state index is 12.1. The zero-order valence-electron chi connectivity index (χ0n) is 14.6. The monoisotopic (exact) mass is 324 g/mol. The summed E-state index contributed by atoms with van der Waals surface area (Å²) in [7, 11) is 0. The smallest absolute Gasteiger partial charge is 0.233 e. The Morgan fingerprint density at radius 3 is 2.33 bits per heavy atom. The molecule has 2 amide bonds. The summed E-state index contributed by atoms with van der Waals surface area (Å²) in [5, 5.41) is 5.66. The summed E-state index contributed by atoms with van der Waals surface area (Å²) < 4.78 is 0. The predicted molar refractivity (Wildman–Crippen MR) is 96.9 cm³/mol. The third-order valence-electron chi connectivity index (χ3n) is 4.01. The summed E-state index contributed by atoms with van der Waals surface area (Å²) in [6, 6.07) is 13.5. The molecule has 0 aliphatic carbocycles. The number of rotatable bonds is 5. The molecule has 2 N–H and O–H groups in total. The molecule has 2 aromatic rings. The second-order valence-electron chi connectivity index (χ2n) is 6.19. The fourth-order valence-electron chi connectivity index (χ4n) is 2.74. The first-order valence-electron chi connectivity index (χ1n) is 8.09. The van der Waals surface area contributed by atoms with Gasteiger partial charge in [0.05, 0.1) is 6.04 Å². The quantitative estimate of drug-likeness (QED) is 0.822. The minimum Gasteiger partial charge on any atom is -0.349 e. The number of para-hydroxylation sites is 1. The molecule has 2 aromatic carbocycles. The van der Waals surface area contributed by atoms with E-state index >= 15 is 0 Å². The Kier molecular flexibility index (Phi) is 5.74. The molecule has 0 aliphatic rings. The molecule has 2 rings (SSSR count). The molecule has 4 nitrogen and oxygen atoms in total. The Bertz CT molecular complexity index is 753. The van der Waals surface area contributed by atoms with Crippen molar-refractivity contribution in [3.8, 4) is 0 Å². The second kappa shape index (κ2) is 7.77. The summed E-state index contributed by atoms with van der Waals surface area (Å²) in [6.45, 7) is 7.90. The van der Waals surface area contributed by atoms with E-state index in [0.717, 1.165) is 22.4 Å². The van der Waals surface area contributed by atoms with Crippen LogP contribution in [0.15, 0.2) is 42.5 Å². The minimum atomic E-state index is -0.311. The highest BCUT2D eigenvalue weighted by Gasteiger charge is 2.15. The van der Waals surface area contributed by atoms with Crippen molar-refractivity contribution in [1.29, 1.82) is 0 Å². The lowest BCUT2D eigenvalue weighted by Gasteiger charge is -2.17. The molecule has 0 aliphatic heterocycles. The van der Waals surface area contributed by atoms with Crippen LogP contribution in [-0.2, 0) is 9.59 Å². The van der Waals surface area contributed by atoms with Crippen LogP contribution in [-0.4, -0.2) is 11.8 Å². The van der Waals surface area contributed by atoms with Crippen LogP contribution in [0.3, 0.4) is 0 Å². The molecule has 0 radical (unpaired) electrons. The second-order valence-corrected chi connectivity index (χ2v) is 6.19. The van der Waals surface area contributed by atoms with Crippen LogP contribution in [0.2, 0.25) is 0 Å². The average molecular weight is 324 g/mol. The van der Waals surface area contributed by atoms with Crippen LogP contribution in [0.25, 0.3) is 0 Å². The molecule has 0 unspecified atom stereocenters. The zero-order chi connectivity index (χ0) is 17.7. The highest BCUT2D eigenvalue weighted by Crippen LogP contribution is 2.19. The highest BCUT2D eigenvalue weighted by atomic mass is 16.2. The molecule has 1 atom stereocenters. The Balaban J connectivity index is 1.92. The maximum Gasteiger partial charge on any atom is 0.233 e. The molecular weight excluding hydrogens is 300 g/mol. The summed E-state index contributed by atoms with van der Waals surface area (Å²) in [5.74, 6) is -0.594. The average Bonchev–Trinajstić information content (AvgIpc) is 2.49. The Labute approximate surface area is 143 Å². The molecule has 0 heterocycles. The van der Waals surface area contributed by atoms with E-state index in [1.54, 1.807) is 0 Å². The number of carbonyl (C=O) groups excluding carboxylic acids is 2. The van der Waals surface area contributed by atoms with Crippen LogP contribution in [0.5, 0.6) is 0 Å². The van der Waals surface area contributed by atoms with Crippen molar-refractivity contribution >= 4 is 17.5 Å². The van der Waals surface area contributed by atoms with Gasteiger partial charge in [-0.2, -0.15) is 0 Å². The van der Waals surface area contributed by atoms with Gasteiger partial charge in [0.1, 0.15) is 6.42 Å². The first kappa shape index (κ1) is 17.7. The van der Waals surface area contributed by atoms with Gasteiger partial charge in [0.15, 0.2) is 0 Å². The molecule has 126 valence electrons. The normalized spacial score (nSPS) is 11.7. The summed E-state index contributed by atoms with van der Waals surface area (Å²) in [6.07, 6.45) is -0.191. The number of aryl methyl sites for hydroxylation is 3. The number of hydrogen-bond donors (Lipinski definition) is 2. The molecule has 0 saturated heterocycles. The van der Waals surface area contributed by atoms with Gasteiger partial charge < -0.3 is 10.6 Å². The Morgan fingerprint density at radius 2 is 1.67 bits per heavy atom. The molecule has 0 aromatic heterocycles. The largest absolute Gasteiger partial charge is 0.349 e. The Morgan fingerprint density at radius 1 is 0.958 bits per heavy atom. The number of nitrogens with one attached hydrogen (secondary N) is 2. The van der Waals surface area contributed by atoms with Crippen molar-refractivity contribution in [1.82, 2.24) is 5.32 Å². The van der Waals surface area contributed by atoms with E-state index in [1.807, 2.05) is 64.1 Å². The summed E-state index contributed by atoms with van der Waals surface area (Å²) in [5.41, 5.74) is 5.08. The van der Waals surface area contributed by atoms with E-state index in [-0.39, 0.29) is 24.3 Å². The van der Waals surface area contributed by atoms with Crippen molar-refractivity contribution in [3.05, 3.63) is 64.7 Å². The third kappa shape index (κ3) is 4.69. The first-order valence-corrected chi connectivity index (χ1v) is 8.09. The predicted octanol–water partition coefficient (Wildman–Crippen LogP) is 3.82. The van der Waals surface area contributed by atoms with Gasteiger partial charge in [0.25, 0.3) is 0 Å². The topological polar surface area (TPSA) is 58.2 Å². The van der Waals surface area contributed by atoms with E-state index in [1.165, 1.54) is 5.56 Å². The van der Waals surface area contributed by atoms with Crippen LogP contribution in [0.1, 0.15) is 41.6 Å². The van der Waals surface area contributed by atoms with Crippen LogP contribution in [0.4, 0.5) is 5.69 Å². The van der Waals surface area contributed by atoms with Crippen molar-refractivity contribution in [2.24, 2.45) is 0 Å². The first-order chi connectivity index (χ1) is 11.4. The molecule has 0 saturated carbocycles. The van der Waals surface area contributed by atoms with Crippen molar-refractivity contribution < 1.29 is 9.59 Å². The highest BCUT2D eigenvalue weighted by molar-refractivity contribution is 6.03. The number of hydrogen-bond acceptors (Lipinski definition) is 2. The molecular formula is C20H24N2O2. The number of amides is 2. The van der Waals surface area contributed by atoms with Crippen molar-refractivity contribution in [2.75, 3.05) is 5.32 Å². The molecule has 0 fully saturated rings. The minimum absolute atomic E-state index is 0.135. The van der Waals surface area contributed by atoms with Gasteiger partial charge in [-0.15, -0.1) is 0 Å². The fourth-order valence-corrected chi connectivity index (χ4v) is 2.74. The SMILES string of the molecule is Cc1ccc([C@H](C)NC(=O)CC(=O)Nc2ccccc2C)c(C)c1. The van der Waals surface area contributed by atoms with Gasteiger partial charge in [-0.3, -0.25) is 9.59 Å². The van der Waals surface area contributed by atoms with Gasteiger partial charge in [0.2, 0.25) is 11.8 Å². The number of carbonyl (C=O) groups is 2. The lowest BCUT2D eigenvalue weighted by molar-refractivity contribution is -0.127. The van der Waals surface area contributed by atoms with Crippen molar-refractivity contribution in [3.63, 3.8) is 0 Å². The van der Waals surface area contributed by atoms with Gasteiger partial charge in [-0.1, -0.05) is 42.0 Å². The van der Waals surface area contributed by atoms with Crippen molar-refractivity contribution in [2.45, 2.75) is 40.2 Å². The molecule has 0 bridgehead atoms. The van der Waals surface area contributed by atoms with Crippen LogP contribution < -0.4 is 10.6 Å². The molecule has 4 heteroatoms. The molecule has 24 heavy (non-hydrogen) atoms. The van der Waals surface area contributed by atoms with E-state index in [2.05, 4.69) is 16.7 Å². The van der Waals surface area contributed by atoms with Gasteiger partial charge in [-0.05, 0) is 50.5 Å². The zero-order valence-corrected chi connectivity index (χ0v) is 14.6. The van der Waals surface area contributed by atoms with Gasteiger partial charge in [0, 0.05) is 5.69 Å². The van der Waals surface area contributed by atoms with E-state index in [0.29, 0.717) is 0 Å². The molecule has 0 spiro atoms. The summed E-state index contributed by atoms with van der Waals surface area (Å²) >= 11 is 0. The standard InChI is InChI=1S/C20H24N2O2/c1-13-9-10-17(15(3)11-13)16(4)21-19(23)12-20(24)22-18-8-6-5-7-14(18)2/h5-11,16H,12H2,1-4H3,(H,21,23)(H,22,24)/t16-/m0/s1. The third-order valence-corrected chi connectivity index (χ3v) is 4.01. The lowest BCUT2D eigenvalue weighted by atomic mass is 10.0. The fraction of sp³-hybridized carbons (Fsp3) is 0.300. The number of anilines is 1.